The molecule has 4 bridgehead atoms. The Morgan fingerprint density at radius 2 is 1.29 bits per heavy atom. The molecule has 0 N–H and O–H groups in total. The molecule has 1 aliphatic heterocycles. The number of rotatable bonds is 1. The topological polar surface area (TPSA) is 24.7 Å². The van der Waals surface area contributed by atoms with E-state index in [0.29, 0.717) is 5.41 Å². The van der Waals surface area contributed by atoms with Crippen LogP contribution in [0.5, 0.6) is 0 Å². The molecule has 76 valence electrons. The van der Waals surface area contributed by atoms with Crippen LogP contribution in [0.4, 0.5) is 0 Å². The number of hydrogen-bond donors (Lipinski definition) is 0. The van der Waals surface area contributed by atoms with E-state index < -0.39 is 0 Å². The lowest BCUT2D eigenvalue weighted by molar-refractivity contribution is -0.0748. The fourth-order valence-electron chi connectivity index (χ4n) is 4.98. The Bertz CT molecular complexity index is 277. The Labute approximate surface area is 85.2 Å². The molecule has 0 saturated heterocycles. The molecular formula is C12H18N2. The maximum Gasteiger partial charge on any atom is 0.193 e. The van der Waals surface area contributed by atoms with E-state index in [0.717, 1.165) is 17.8 Å². The Morgan fingerprint density at radius 1 is 0.857 bits per heavy atom. The Kier molecular flexibility index (Phi) is 1.16. The predicted molar refractivity (Wildman–Crippen MR) is 53.9 cm³/mol. The Hall–Kier alpha value is -0.400. The fourth-order valence-corrected chi connectivity index (χ4v) is 4.98. The highest BCUT2D eigenvalue weighted by Gasteiger charge is 2.63. The van der Waals surface area contributed by atoms with Gasteiger partial charge in [-0.2, -0.15) is 10.2 Å². The van der Waals surface area contributed by atoms with Crippen LogP contribution in [0.25, 0.3) is 0 Å². The molecule has 4 aliphatic carbocycles. The van der Waals surface area contributed by atoms with Crippen LogP contribution in [-0.4, -0.2) is 5.66 Å². The standard InChI is InChI=1S/C12H18N2/c1-11(13-14-11)12-5-8-2-9(6-12)4-10(3-8)7-12/h8-10H,2-7H2,1H3. The average Bonchev–Trinajstić information content (AvgIpc) is 2.82. The zero-order chi connectivity index (χ0) is 9.39. The van der Waals surface area contributed by atoms with Crippen LogP contribution >= 0.6 is 0 Å². The molecule has 5 aliphatic rings. The van der Waals surface area contributed by atoms with Crippen molar-refractivity contribution in [1.29, 1.82) is 0 Å². The molecule has 14 heavy (non-hydrogen) atoms. The van der Waals surface area contributed by atoms with Crippen molar-refractivity contribution >= 4 is 0 Å². The van der Waals surface area contributed by atoms with Crippen molar-refractivity contribution in [2.45, 2.75) is 51.1 Å². The summed E-state index contributed by atoms with van der Waals surface area (Å²) in [5.74, 6) is 3.09. The van der Waals surface area contributed by atoms with Crippen LogP contribution in [0.3, 0.4) is 0 Å². The predicted octanol–water partition coefficient (Wildman–Crippen LogP) is 3.38. The second-order valence-corrected chi connectivity index (χ2v) is 6.42. The quantitative estimate of drug-likeness (QED) is 0.605. The molecule has 0 aromatic heterocycles. The van der Waals surface area contributed by atoms with Gasteiger partial charge in [-0.3, -0.25) is 0 Å². The van der Waals surface area contributed by atoms with Gasteiger partial charge >= 0.3 is 0 Å². The second kappa shape index (κ2) is 2.07. The summed E-state index contributed by atoms with van der Waals surface area (Å²) in [6.07, 6.45) is 8.87. The van der Waals surface area contributed by atoms with Gasteiger partial charge in [0.05, 0.1) is 0 Å². The molecule has 0 atom stereocenters. The van der Waals surface area contributed by atoms with Crippen LogP contribution in [-0.2, 0) is 0 Å². The lowest BCUT2D eigenvalue weighted by Crippen LogP contribution is -2.52. The first-order valence-electron chi connectivity index (χ1n) is 6.13. The maximum absolute atomic E-state index is 4.35. The van der Waals surface area contributed by atoms with E-state index in [9.17, 15) is 0 Å². The van der Waals surface area contributed by atoms with Crippen LogP contribution in [0.2, 0.25) is 0 Å². The van der Waals surface area contributed by atoms with Crippen molar-refractivity contribution < 1.29 is 0 Å². The first-order chi connectivity index (χ1) is 6.69. The maximum atomic E-state index is 4.35. The normalized spacial score (nSPS) is 56.5. The minimum absolute atomic E-state index is 0.0585. The van der Waals surface area contributed by atoms with E-state index in [1.807, 2.05) is 0 Å². The molecule has 4 saturated carbocycles. The highest BCUT2D eigenvalue weighted by Crippen LogP contribution is 2.67. The summed E-state index contributed by atoms with van der Waals surface area (Å²) < 4.78 is 0. The highest BCUT2D eigenvalue weighted by molar-refractivity contribution is 5.13. The third kappa shape index (κ3) is 0.791. The second-order valence-electron chi connectivity index (χ2n) is 6.42. The average molecular weight is 190 g/mol. The summed E-state index contributed by atoms with van der Waals surface area (Å²) in [4.78, 5) is 0. The Morgan fingerprint density at radius 3 is 1.64 bits per heavy atom. The van der Waals surface area contributed by atoms with Crippen molar-refractivity contribution in [2.75, 3.05) is 0 Å². The van der Waals surface area contributed by atoms with Gasteiger partial charge in [0.2, 0.25) is 0 Å². The van der Waals surface area contributed by atoms with E-state index in [1.165, 1.54) is 38.5 Å². The lowest BCUT2D eigenvalue weighted by atomic mass is 9.47. The summed E-state index contributed by atoms with van der Waals surface area (Å²) in [5.41, 5.74) is 0.574. The van der Waals surface area contributed by atoms with Crippen LogP contribution in [0.1, 0.15) is 45.4 Å². The van der Waals surface area contributed by atoms with Gasteiger partial charge in [0.15, 0.2) is 5.66 Å². The van der Waals surface area contributed by atoms with Crippen molar-refractivity contribution in [1.82, 2.24) is 0 Å². The molecule has 2 nitrogen and oxygen atoms in total. The van der Waals surface area contributed by atoms with Gasteiger partial charge in [-0.15, -0.1) is 0 Å². The largest absolute Gasteiger partial charge is 0.193 e. The first-order valence-corrected chi connectivity index (χ1v) is 6.13. The summed E-state index contributed by atoms with van der Waals surface area (Å²) in [5, 5.41) is 8.70. The summed E-state index contributed by atoms with van der Waals surface area (Å²) in [7, 11) is 0. The van der Waals surface area contributed by atoms with Gasteiger partial charge in [-0.1, -0.05) is 0 Å². The molecule has 0 spiro atoms. The van der Waals surface area contributed by atoms with Crippen molar-refractivity contribution in [3.8, 4) is 0 Å². The van der Waals surface area contributed by atoms with E-state index in [-0.39, 0.29) is 5.66 Å². The van der Waals surface area contributed by atoms with Gasteiger partial charge in [0.25, 0.3) is 0 Å². The van der Waals surface area contributed by atoms with Crippen molar-refractivity contribution in [2.24, 2.45) is 33.4 Å². The van der Waals surface area contributed by atoms with E-state index >= 15 is 0 Å². The minimum Gasteiger partial charge on any atom is -0.159 e. The van der Waals surface area contributed by atoms with Gasteiger partial charge in [-0.25, -0.2) is 0 Å². The first kappa shape index (κ1) is 7.84. The summed E-state index contributed by atoms with van der Waals surface area (Å²) >= 11 is 0. The summed E-state index contributed by atoms with van der Waals surface area (Å²) in [6, 6.07) is 0. The summed E-state index contributed by atoms with van der Waals surface area (Å²) in [6.45, 7) is 2.26. The molecular weight excluding hydrogens is 172 g/mol. The molecule has 0 unspecified atom stereocenters. The molecule has 5 rings (SSSR count). The third-order valence-corrected chi connectivity index (χ3v) is 5.44. The Balaban J connectivity index is 1.74. The molecule has 0 aromatic carbocycles. The smallest absolute Gasteiger partial charge is 0.159 e. The van der Waals surface area contributed by atoms with E-state index in [2.05, 4.69) is 17.2 Å². The minimum atomic E-state index is 0.0585. The zero-order valence-electron chi connectivity index (χ0n) is 8.87. The fraction of sp³-hybridized carbons (Fsp3) is 1.00. The van der Waals surface area contributed by atoms with Gasteiger partial charge in [-0.05, 0) is 63.2 Å². The van der Waals surface area contributed by atoms with Crippen molar-refractivity contribution in [3.63, 3.8) is 0 Å². The molecule has 1 heterocycles. The zero-order valence-corrected chi connectivity index (χ0v) is 8.87. The SMILES string of the molecule is CC1(C23CC4CC(CC(C4)C2)C3)N=N1. The molecule has 0 radical (unpaired) electrons. The monoisotopic (exact) mass is 190 g/mol. The van der Waals surface area contributed by atoms with Crippen LogP contribution in [0.15, 0.2) is 10.2 Å². The number of nitrogens with zero attached hydrogens (tertiary/aromatic N) is 2. The van der Waals surface area contributed by atoms with Gasteiger partial charge in [0.1, 0.15) is 0 Å². The highest BCUT2D eigenvalue weighted by atomic mass is 15.4. The molecule has 2 heteroatoms. The van der Waals surface area contributed by atoms with Gasteiger partial charge in [0, 0.05) is 5.41 Å². The lowest BCUT2D eigenvalue weighted by Gasteiger charge is -2.57. The number of hydrogen-bond acceptors (Lipinski definition) is 2. The van der Waals surface area contributed by atoms with E-state index in [4.69, 9.17) is 0 Å². The molecule has 0 amide bonds. The van der Waals surface area contributed by atoms with Crippen LogP contribution < -0.4 is 0 Å². The van der Waals surface area contributed by atoms with E-state index in [1.54, 1.807) is 0 Å². The van der Waals surface area contributed by atoms with Crippen LogP contribution in [0, 0.1) is 23.2 Å². The third-order valence-electron chi connectivity index (χ3n) is 5.44. The van der Waals surface area contributed by atoms with Gasteiger partial charge < -0.3 is 0 Å². The molecule has 0 aromatic rings. The van der Waals surface area contributed by atoms with Crippen molar-refractivity contribution in [3.05, 3.63) is 0 Å². The molecule has 4 fully saturated rings.